The third-order valence-corrected chi connectivity index (χ3v) is 4.18. The first-order chi connectivity index (χ1) is 7.59. The molecule has 4 fully saturated rings. The fourth-order valence-corrected chi connectivity index (χ4v) is 2.98. The van der Waals surface area contributed by atoms with Gasteiger partial charge >= 0.3 is 0 Å². The van der Waals surface area contributed by atoms with Crippen LogP contribution in [0.15, 0.2) is 12.3 Å². The summed E-state index contributed by atoms with van der Waals surface area (Å²) < 4.78 is 0. The van der Waals surface area contributed by atoms with Crippen LogP contribution in [0, 0.1) is 11.3 Å². The van der Waals surface area contributed by atoms with Gasteiger partial charge in [0, 0.05) is 11.1 Å². The minimum absolute atomic E-state index is 0.0858. The molecule has 2 amide bonds. The Bertz CT molecular complexity index is 371. The van der Waals surface area contributed by atoms with Gasteiger partial charge in [-0.15, -0.1) is 0 Å². The largest absolute Gasteiger partial charge is 0.344 e. The Kier molecular flexibility index (Phi) is 1.91. The molecule has 1 heterocycles. The van der Waals surface area contributed by atoms with Crippen molar-refractivity contribution in [3.05, 3.63) is 12.3 Å². The van der Waals surface area contributed by atoms with Crippen molar-refractivity contribution in [2.24, 2.45) is 11.3 Å². The van der Waals surface area contributed by atoms with Gasteiger partial charge < -0.3 is 10.6 Å². The van der Waals surface area contributed by atoms with Crippen molar-refractivity contribution >= 4 is 11.8 Å². The molecule has 4 rings (SSSR count). The fourth-order valence-electron chi connectivity index (χ4n) is 2.98. The summed E-state index contributed by atoms with van der Waals surface area (Å²) in [4.78, 5) is 23.6. The molecular weight excluding hydrogens is 204 g/mol. The van der Waals surface area contributed by atoms with E-state index >= 15 is 0 Å². The molecule has 4 aliphatic rings. The van der Waals surface area contributed by atoms with Crippen LogP contribution in [0.2, 0.25) is 0 Å². The van der Waals surface area contributed by atoms with Crippen molar-refractivity contribution in [1.29, 1.82) is 0 Å². The zero-order valence-electron chi connectivity index (χ0n) is 9.21. The highest BCUT2D eigenvalue weighted by Crippen LogP contribution is 2.64. The number of amides is 2. The molecule has 2 N–H and O–H groups in total. The topological polar surface area (TPSA) is 58.2 Å². The van der Waals surface area contributed by atoms with Crippen LogP contribution in [0.25, 0.3) is 0 Å². The Morgan fingerprint density at radius 2 is 2.12 bits per heavy atom. The molecule has 0 aromatic heterocycles. The van der Waals surface area contributed by atoms with Gasteiger partial charge in [-0.25, -0.2) is 0 Å². The van der Waals surface area contributed by atoms with Crippen LogP contribution >= 0.6 is 0 Å². The minimum atomic E-state index is -0.355. The number of piperidine rings is 1. The number of nitrogens with one attached hydrogen (secondary N) is 2. The van der Waals surface area contributed by atoms with Crippen molar-refractivity contribution < 1.29 is 9.59 Å². The van der Waals surface area contributed by atoms with Gasteiger partial charge in [-0.3, -0.25) is 9.59 Å². The predicted octanol–water partition coefficient (Wildman–Crippen LogP) is 0.695. The monoisotopic (exact) mass is 220 g/mol. The Hall–Kier alpha value is -1.32. The highest BCUT2D eigenvalue weighted by molar-refractivity contribution is 5.92. The maximum absolute atomic E-state index is 12.0. The van der Waals surface area contributed by atoms with Crippen molar-refractivity contribution in [1.82, 2.24) is 10.6 Å². The Labute approximate surface area is 94.5 Å². The number of hydrogen-bond donors (Lipinski definition) is 2. The summed E-state index contributed by atoms with van der Waals surface area (Å²) in [7, 11) is 0. The molecule has 1 saturated heterocycles. The molecule has 0 spiro atoms. The lowest BCUT2D eigenvalue weighted by Gasteiger charge is -2.60. The van der Waals surface area contributed by atoms with Gasteiger partial charge in [-0.1, -0.05) is 6.58 Å². The number of rotatable bonds is 2. The van der Waals surface area contributed by atoms with E-state index < -0.39 is 0 Å². The molecule has 1 unspecified atom stereocenters. The molecule has 1 atom stereocenters. The molecule has 86 valence electrons. The summed E-state index contributed by atoms with van der Waals surface area (Å²) in [6.45, 7) is 3.72. The van der Waals surface area contributed by atoms with Crippen LogP contribution in [-0.2, 0) is 9.59 Å². The highest BCUT2D eigenvalue weighted by atomic mass is 16.2. The number of carbonyl (C=O) groups is 2. The number of allylic oxidation sites excluding steroid dienone is 1. The second kappa shape index (κ2) is 3.09. The zero-order chi connectivity index (χ0) is 11.3. The molecule has 2 bridgehead atoms. The quantitative estimate of drug-likeness (QED) is 0.719. The standard InChI is InChI=1S/C12H16N2O2/c1-7-2-3-9(10(15)13-7)14-11(16)12-4-8(5-12)6-12/h8-9H,1-6H2,(H,13,15)(H,14,16). The number of carbonyl (C=O) groups excluding carboxylic acids is 2. The van der Waals surface area contributed by atoms with Gasteiger partial charge in [0.1, 0.15) is 6.04 Å². The van der Waals surface area contributed by atoms with Gasteiger partial charge in [-0.05, 0) is 38.0 Å². The normalized spacial score (nSPS) is 40.5. The van der Waals surface area contributed by atoms with Crippen LogP contribution in [0.1, 0.15) is 32.1 Å². The first-order valence-corrected chi connectivity index (χ1v) is 5.89. The van der Waals surface area contributed by atoms with E-state index in [4.69, 9.17) is 0 Å². The zero-order valence-corrected chi connectivity index (χ0v) is 9.21. The molecule has 4 nitrogen and oxygen atoms in total. The third-order valence-electron chi connectivity index (χ3n) is 4.18. The predicted molar refractivity (Wildman–Crippen MR) is 58.2 cm³/mol. The van der Waals surface area contributed by atoms with Gasteiger partial charge in [0.2, 0.25) is 11.8 Å². The van der Waals surface area contributed by atoms with Gasteiger partial charge in [-0.2, -0.15) is 0 Å². The fraction of sp³-hybridized carbons (Fsp3) is 0.667. The summed E-state index contributed by atoms with van der Waals surface area (Å²) in [6, 6.07) is -0.355. The van der Waals surface area contributed by atoms with Crippen LogP contribution < -0.4 is 10.6 Å². The second-order valence-corrected chi connectivity index (χ2v) is 5.42. The molecule has 16 heavy (non-hydrogen) atoms. The number of hydrogen-bond acceptors (Lipinski definition) is 2. The summed E-state index contributed by atoms with van der Waals surface area (Å²) >= 11 is 0. The molecule has 4 heteroatoms. The van der Waals surface area contributed by atoms with E-state index in [2.05, 4.69) is 17.2 Å². The van der Waals surface area contributed by atoms with Crippen molar-refractivity contribution in [2.45, 2.75) is 38.1 Å². The summed E-state index contributed by atoms with van der Waals surface area (Å²) in [5, 5.41) is 5.56. The minimum Gasteiger partial charge on any atom is -0.344 e. The molecule has 0 radical (unpaired) electrons. The van der Waals surface area contributed by atoms with Gasteiger partial charge in [0.15, 0.2) is 0 Å². The molecular formula is C12H16N2O2. The first kappa shape index (κ1) is 9.87. The Morgan fingerprint density at radius 1 is 1.44 bits per heavy atom. The lowest BCUT2D eigenvalue weighted by molar-refractivity contribution is -0.166. The molecule has 3 aliphatic carbocycles. The molecule has 0 aromatic carbocycles. The van der Waals surface area contributed by atoms with Crippen LogP contribution in [-0.4, -0.2) is 17.9 Å². The maximum Gasteiger partial charge on any atom is 0.246 e. The highest BCUT2D eigenvalue weighted by Gasteiger charge is 2.61. The van der Waals surface area contributed by atoms with E-state index in [1.807, 2.05) is 0 Å². The van der Waals surface area contributed by atoms with Crippen LogP contribution in [0.4, 0.5) is 0 Å². The van der Waals surface area contributed by atoms with E-state index in [0.717, 1.165) is 37.3 Å². The smallest absolute Gasteiger partial charge is 0.246 e. The summed E-state index contributed by atoms with van der Waals surface area (Å²) in [5.74, 6) is 0.754. The van der Waals surface area contributed by atoms with Crippen LogP contribution in [0.3, 0.4) is 0 Å². The van der Waals surface area contributed by atoms with Gasteiger partial charge in [0.05, 0.1) is 0 Å². The average molecular weight is 220 g/mol. The maximum atomic E-state index is 12.0. The van der Waals surface area contributed by atoms with Crippen LogP contribution in [0.5, 0.6) is 0 Å². The van der Waals surface area contributed by atoms with E-state index in [9.17, 15) is 9.59 Å². The first-order valence-electron chi connectivity index (χ1n) is 5.89. The second-order valence-electron chi connectivity index (χ2n) is 5.42. The SMILES string of the molecule is C=C1CCC(NC(=O)C23CC(C2)C3)C(=O)N1. The lowest BCUT2D eigenvalue weighted by atomic mass is 9.44. The average Bonchev–Trinajstić information content (AvgIpc) is 2.04. The molecule has 0 aromatic rings. The molecule has 1 aliphatic heterocycles. The van der Waals surface area contributed by atoms with E-state index in [1.54, 1.807) is 0 Å². The third kappa shape index (κ3) is 1.29. The summed E-state index contributed by atoms with van der Waals surface area (Å²) in [5.41, 5.74) is 0.653. The Morgan fingerprint density at radius 3 is 2.62 bits per heavy atom. The van der Waals surface area contributed by atoms with E-state index in [0.29, 0.717) is 6.42 Å². The van der Waals surface area contributed by atoms with Crippen molar-refractivity contribution in [2.75, 3.05) is 0 Å². The lowest BCUT2D eigenvalue weighted by Crippen LogP contribution is -2.63. The van der Waals surface area contributed by atoms with Gasteiger partial charge in [0.25, 0.3) is 0 Å². The Balaban J connectivity index is 1.60. The van der Waals surface area contributed by atoms with E-state index in [1.165, 1.54) is 0 Å². The molecule has 3 saturated carbocycles. The van der Waals surface area contributed by atoms with Crippen molar-refractivity contribution in [3.8, 4) is 0 Å². The van der Waals surface area contributed by atoms with E-state index in [-0.39, 0.29) is 23.3 Å². The van der Waals surface area contributed by atoms with Crippen molar-refractivity contribution in [3.63, 3.8) is 0 Å². The summed E-state index contributed by atoms with van der Waals surface area (Å²) in [6.07, 6.45) is 4.52.